The minimum Gasteiger partial charge on any atom is -0.496 e. The quantitative estimate of drug-likeness (QED) is 0.798. The number of nitrogens with two attached hydrogens (primary N) is 1. The van der Waals surface area contributed by atoms with Crippen molar-refractivity contribution in [2.75, 3.05) is 7.11 Å². The van der Waals surface area contributed by atoms with Gasteiger partial charge in [-0.3, -0.25) is 0 Å². The summed E-state index contributed by atoms with van der Waals surface area (Å²) >= 11 is 0. The summed E-state index contributed by atoms with van der Waals surface area (Å²) in [5.74, 6) is 0.988. The van der Waals surface area contributed by atoms with Gasteiger partial charge in [-0.05, 0) is 43.9 Å². The molecule has 1 rings (SSSR count). The lowest BCUT2D eigenvalue weighted by molar-refractivity contribution is 0.405. The lowest BCUT2D eigenvalue weighted by Crippen LogP contribution is -2.18. The Morgan fingerprint density at radius 1 is 1.36 bits per heavy atom. The van der Waals surface area contributed by atoms with E-state index < -0.39 is 0 Å². The zero-order chi connectivity index (χ0) is 10.7. The average molecular weight is 193 g/mol. The SMILES string of the molecule is COc1c(CC(C)N)ccc(C)c1C. The minimum absolute atomic E-state index is 0.172. The fourth-order valence-electron chi connectivity index (χ4n) is 1.64. The molecule has 14 heavy (non-hydrogen) atoms. The van der Waals surface area contributed by atoms with Crippen molar-refractivity contribution >= 4 is 0 Å². The summed E-state index contributed by atoms with van der Waals surface area (Å²) in [6.45, 7) is 6.18. The fourth-order valence-corrected chi connectivity index (χ4v) is 1.64. The Balaban J connectivity index is 3.10. The predicted octanol–water partition coefficient (Wildman–Crippen LogP) is 2.20. The third-order valence-electron chi connectivity index (χ3n) is 2.50. The Bertz CT molecular complexity index is 318. The van der Waals surface area contributed by atoms with E-state index in [0.717, 1.165) is 12.2 Å². The molecule has 0 saturated carbocycles. The number of benzene rings is 1. The van der Waals surface area contributed by atoms with Crippen LogP contribution in [0.3, 0.4) is 0 Å². The summed E-state index contributed by atoms with van der Waals surface area (Å²) in [6, 6.07) is 4.39. The Labute approximate surface area is 86.1 Å². The van der Waals surface area contributed by atoms with Crippen molar-refractivity contribution in [2.24, 2.45) is 5.73 Å². The molecule has 1 atom stereocenters. The van der Waals surface area contributed by atoms with Crippen LogP contribution in [0.2, 0.25) is 0 Å². The normalized spacial score (nSPS) is 12.6. The molecule has 1 unspecified atom stereocenters. The topological polar surface area (TPSA) is 35.2 Å². The van der Waals surface area contributed by atoms with E-state index in [1.54, 1.807) is 7.11 Å². The van der Waals surface area contributed by atoms with Crippen molar-refractivity contribution in [3.63, 3.8) is 0 Å². The molecular weight excluding hydrogens is 174 g/mol. The molecule has 0 saturated heterocycles. The van der Waals surface area contributed by atoms with Crippen LogP contribution in [0.5, 0.6) is 5.75 Å². The summed E-state index contributed by atoms with van der Waals surface area (Å²) < 4.78 is 5.40. The first-order chi connectivity index (χ1) is 6.56. The van der Waals surface area contributed by atoms with Gasteiger partial charge in [0, 0.05) is 6.04 Å². The van der Waals surface area contributed by atoms with Gasteiger partial charge < -0.3 is 10.5 Å². The van der Waals surface area contributed by atoms with Crippen molar-refractivity contribution in [1.29, 1.82) is 0 Å². The molecule has 0 aromatic heterocycles. The van der Waals surface area contributed by atoms with E-state index in [-0.39, 0.29) is 6.04 Å². The van der Waals surface area contributed by atoms with Crippen LogP contribution in [0.1, 0.15) is 23.6 Å². The number of methoxy groups -OCH3 is 1. The van der Waals surface area contributed by atoms with Crippen LogP contribution in [0.4, 0.5) is 0 Å². The smallest absolute Gasteiger partial charge is 0.125 e. The molecule has 2 nitrogen and oxygen atoms in total. The molecule has 1 aromatic carbocycles. The van der Waals surface area contributed by atoms with Crippen LogP contribution >= 0.6 is 0 Å². The minimum atomic E-state index is 0.172. The number of ether oxygens (including phenoxy) is 1. The summed E-state index contributed by atoms with van der Waals surface area (Å²) in [5.41, 5.74) is 9.45. The van der Waals surface area contributed by atoms with Crippen LogP contribution in [-0.2, 0) is 6.42 Å². The van der Waals surface area contributed by atoms with Crippen LogP contribution in [0.15, 0.2) is 12.1 Å². The Kier molecular flexibility index (Phi) is 3.53. The van der Waals surface area contributed by atoms with Crippen molar-refractivity contribution < 1.29 is 4.74 Å². The average Bonchev–Trinajstić information content (AvgIpc) is 2.11. The van der Waals surface area contributed by atoms with Gasteiger partial charge in [-0.1, -0.05) is 12.1 Å². The largest absolute Gasteiger partial charge is 0.496 e. The molecule has 0 radical (unpaired) electrons. The second-order valence-electron chi connectivity index (χ2n) is 3.88. The molecule has 78 valence electrons. The van der Waals surface area contributed by atoms with Crippen molar-refractivity contribution in [3.05, 3.63) is 28.8 Å². The maximum Gasteiger partial charge on any atom is 0.125 e. The predicted molar refractivity (Wildman–Crippen MR) is 59.8 cm³/mol. The van der Waals surface area contributed by atoms with E-state index in [0.29, 0.717) is 0 Å². The zero-order valence-electron chi connectivity index (χ0n) is 9.42. The highest BCUT2D eigenvalue weighted by Crippen LogP contribution is 2.26. The van der Waals surface area contributed by atoms with Gasteiger partial charge in [0.2, 0.25) is 0 Å². The van der Waals surface area contributed by atoms with Gasteiger partial charge in [0.1, 0.15) is 5.75 Å². The van der Waals surface area contributed by atoms with Gasteiger partial charge >= 0.3 is 0 Å². The summed E-state index contributed by atoms with van der Waals surface area (Å²) in [5, 5.41) is 0. The van der Waals surface area contributed by atoms with Crippen molar-refractivity contribution in [2.45, 2.75) is 33.2 Å². The molecule has 2 N–H and O–H groups in total. The van der Waals surface area contributed by atoms with Crippen LogP contribution in [-0.4, -0.2) is 13.2 Å². The highest BCUT2D eigenvalue weighted by atomic mass is 16.5. The van der Waals surface area contributed by atoms with Crippen LogP contribution < -0.4 is 10.5 Å². The van der Waals surface area contributed by atoms with Crippen LogP contribution in [0, 0.1) is 13.8 Å². The number of aryl methyl sites for hydroxylation is 1. The second-order valence-corrected chi connectivity index (χ2v) is 3.88. The molecule has 0 fully saturated rings. The molecule has 0 spiro atoms. The fraction of sp³-hybridized carbons (Fsp3) is 0.500. The summed E-state index contributed by atoms with van der Waals surface area (Å²) in [4.78, 5) is 0. The maximum atomic E-state index is 5.78. The molecule has 0 aliphatic carbocycles. The van der Waals surface area contributed by atoms with E-state index >= 15 is 0 Å². The van der Waals surface area contributed by atoms with Crippen molar-refractivity contribution in [1.82, 2.24) is 0 Å². The maximum absolute atomic E-state index is 5.78. The van der Waals surface area contributed by atoms with E-state index in [9.17, 15) is 0 Å². The molecule has 0 amide bonds. The van der Waals surface area contributed by atoms with E-state index in [4.69, 9.17) is 10.5 Å². The van der Waals surface area contributed by atoms with Gasteiger partial charge in [0.25, 0.3) is 0 Å². The third-order valence-corrected chi connectivity index (χ3v) is 2.50. The number of hydrogen-bond acceptors (Lipinski definition) is 2. The van der Waals surface area contributed by atoms with Crippen LogP contribution in [0.25, 0.3) is 0 Å². The zero-order valence-corrected chi connectivity index (χ0v) is 9.42. The highest BCUT2D eigenvalue weighted by Gasteiger charge is 2.09. The standard InChI is InChI=1S/C12H19NO/c1-8-5-6-11(7-9(2)13)12(14-4)10(8)3/h5-6,9H,7,13H2,1-4H3. The van der Waals surface area contributed by atoms with Gasteiger partial charge in [0.05, 0.1) is 7.11 Å². The van der Waals surface area contributed by atoms with E-state index in [1.807, 2.05) is 6.92 Å². The Hall–Kier alpha value is -1.02. The first-order valence-electron chi connectivity index (χ1n) is 4.95. The van der Waals surface area contributed by atoms with E-state index in [2.05, 4.69) is 26.0 Å². The van der Waals surface area contributed by atoms with Gasteiger partial charge in [0.15, 0.2) is 0 Å². The van der Waals surface area contributed by atoms with E-state index in [1.165, 1.54) is 16.7 Å². The van der Waals surface area contributed by atoms with Crippen molar-refractivity contribution in [3.8, 4) is 5.75 Å². The number of rotatable bonds is 3. The Morgan fingerprint density at radius 3 is 2.50 bits per heavy atom. The summed E-state index contributed by atoms with van der Waals surface area (Å²) in [6.07, 6.45) is 0.865. The molecule has 1 aromatic rings. The molecule has 0 aliphatic heterocycles. The lowest BCUT2D eigenvalue weighted by Gasteiger charge is -2.14. The molecule has 0 bridgehead atoms. The third kappa shape index (κ3) is 2.26. The van der Waals surface area contributed by atoms with Gasteiger partial charge in [-0.2, -0.15) is 0 Å². The molecule has 0 aliphatic rings. The lowest BCUT2D eigenvalue weighted by atomic mass is 10.00. The first kappa shape index (κ1) is 11.1. The highest BCUT2D eigenvalue weighted by molar-refractivity contribution is 5.45. The molecular formula is C12H19NO. The second kappa shape index (κ2) is 4.47. The molecule has 0 heterocycles. The monoisotopic (exact) mass is 193 g/mol. The number of hydrogen-bond donors (Lipinski definition) is 1. The summed E-state index contributed by atoms with van der Waals surface area (Å²) in [7, 11) is 1.71. The van der Waals surface area contributed by atoms with Gasteiger partial charge in [-0.15, -0.1) is 0 Å². The van der Waals surface area contributed by atoms with Gasteiger partial charge in [-0.25, -0.2) is 0 Å². The molecule has 2 heteroatoms. The Morgan fingerprint density at radius 2 is 2.00 bits per heavy atom. The first-order valence-corrected chi connectivity index (χ1v) is 4.95.